The Labute approximate surface area is 136 Å². The van der Waals surface area contributed by atoms with Crippen molar-refractivity contribution in [1.29, 1.82) is 0 Å². The lowest BCUT2D eigenvalue weighted by atomic mass is 10.2. The molecule has 0 aliphatic rings. The Morgan fingerprint density at radius 1 is 1.23 bits per heavy atom. The first-order valence-corrected chi connectivity index (χ1v) is 8.75. The largest absolute Gasteiger partial charge is 0.370 e. The van der Waals surface area contributed by atoms with Crippen LogP contribution in [0.2, 0.25) is 0 Å². The topological polar surface area (TPSA) is 68.9 Å². The van der Waals surface area contributed by atoms with Gasteiger partial charge in [0.2, 0.25) is 5.91 Å². The van der Waals surface area contributed by atoms with Crippen LogP contribution in [0.25, 0.3) is 20.7 Å². The first-order valence-electron chi connectivity index (χ1n) is 6.95. The Balaban J connectivity index is 1.83. The van der Waals surface area contributed by atoms with Gasteiger partial charge in [-0.3, -0.25) is 4.79 Å². The van der Waals surface area contributed by atoms with Crippen molar-refractivity contribution in [2.24, 2.45) is 5.73 Å². The van der Waals surface area contributed by atoms with E-state index < -0.39 is 0 Å². The Bertz CT molecular complexity index is 786. The second-order valence-corrected chi connectivity index (χ2v) is 6.91. The van der Waals surface area contributed by atoms with Crippen LogP contribution in [0.5, 0.6) is 0 Å². The molecule has 0 fully saturated rings. The van der Waals surface area contributed by atoms with Crippen molar-refractivity contribution in [2.45, 2.75) is 17.9 Å². The standard InChI is InChI=1S/C16H15N3OS2/c17-14(20)7-4-8-21-15-12-9-13(11-5-2-1-3-6-11)22-16(12)19-10-18-15/h1-3,5-6,9-10H,4,7-8H2,(H2,17,20). The molecule has 1 aromatic carbocycles. The van der Waals surface area contributed by atoms with E-state index in [1.54, 1.807) is 29.4 Å². The molecule has 0 atom stereocenters. The van der Waals surface area contributed by atoms with E-state index in [-0.39, 0.29) is 5.91 Å². The minimum absolute atomic E-state index is 0.254. The highest BCUT2D eigenvalue weighted by Gasteiger charge is 2.10. The highest BCUT2D eigenvalue weighted by Crippen LogP contribution is 2.36. The zero-order valence-corrected chi connectivity index (χ0v) is 13.5. The van der Waals surface area contributed by atoms with Crippen molar-refractivity contribution in [2.75, 3.05) is 5.75 Å². The number of benzene rings is 1. The molecular weight excluding hydrogens is 314 g/mol. The molecule has 1 amide bonds. The number of hydrogen-bond acceptors (Lipinski definition) is 5. The maximum absolute atomic E-state index is 10.8. The van der Waals surface area contributed by atoms with Crippen LogP contribution in [0.3, 0.4) is 0 Å². The third kappa shape index (κ3) is 3.45. The maximum atomic E-state index is 10.8. The number of hydrogen-bond donors (Lipinski definition) is 1. The molecule has 0 aliphatic carbocycles. The number of nitrogens with zero attached hydrogens (tertiary/aromatic N) is 2. The van der Waals surface area contributed by atoms with E-state index >= 15 is 0 Å². The third-order valence-corrected chi connectivity index (χ3v) is 5.34. The summed E-state index contributed by atoms with van der Waals surface area (Å²) < 4.78 is 0. The molecule has 0 bridgehead atoms. The lowest BCUT2D eigenvalue weighted by Gasteiger charge is -2.00. The molecule has 0 spiro atoms. The van der Waals surface area contributed by atoms with E-state index in [1.807, 2.05) is 18.2 Å². The summed E-state index contributed by atoms with van der Waals surface area (Å²) in [6, 6.07) is 12.4. The van der Waals surface area contributed by atoms with Crippen molar-refractivity contribution in [1.82, 2.24) is 9.97 Å². The fourth-order valence-corrected chi connectivity index (χ4v) is 4.09. The van der Waals surface area contributed by atoms with E-state index in [0.29, 0.717) is 6.42 Å². The van der Waals surface area contributed by atoms with Crippen LogP contribution in [0.15, 0.2) is 47.8 Å². The number of aromatic nitrogens is 2. The molecule has 0 saturated carbocycles. The molecule has 0 unspecified atom stereocenters. The molecule has 0 aliphatic heterocycles. The minimum atomic E-state index is -0.254. The summed E-state index contributed by atoms with van der Waals surface area (Å²) in [5.41, 5.74) is 6.35. The van der Waals surface area contributed by atoms with E-state index in [2.05, 4.69) is 28.2 Å². The summed E-state index contributed by atoms with van der Waals surface area (Å²) in [5.74, 6) is 0.571. The lowest BCUT2D eigenvalue weighted by Crippen LogP contribution is -2.09. The Kier molecular flexibility index (Phi) is 4.70. The molecule has 2 N–H and O–H groups in total. The van der Waals surface area contributed by atoms with Crippen molar-refractivity contribution in [3.63, 3.8) is 0 Å². The van der Waals surface area contributed by atoms with E-state index in [4.69, 9.17) is 5.73 Å². The molecule has 2 aromatic heterocycles. The van der Waals surface area contributed by atoms with Gasteiger partial charge in [-0.2, -0.15) is 0 Å². The van der Waals surface area contributed by atoms with Gasteiger partial charge in [0.05, 0.1) is 0 Å². The maximum Gasteiger partial charge on any atom is 0.217 e. The van der Waals surface area contributed by atoms with E-state index in [0.717, 1.165) is 27.4 Å². The monoisotopic (exact) mass is 329 g/mol. The third-order valence-electron chi connectivity index (χ3n) is 3.16. The van der Waals surface area contributed by atoms with Crippen molar-refractivity contribution in [3.05, 3.63) is 42.7 Å². The van der Waals surface area contributed by atoms with Gasteiger partial charge >= 0.3 is 0 Å². The van der Waals surface area contributed by atoms with Crippen molar-refractivity contribution < 1.29 is 4.79 Å². The molecule has 4 nitrogen and oxygen atoms in total. The fourth-order valence-electron chi connectivity index (χ4n) is 2.11. The van der Waals surface area contributed by atoms with Crippen LogP contribution in [-0.4, -0.2) is 21.6 Å². The number of amides is 1. The van der Waals surface area contributed by atoms with Gasteiger partial charge in [0.1, 0.15) is 16.2 Å². The smallest absolute Gasteiger partial charge is 0.217 e. The number of carbonyl (C=O) groups excluding carboxylic acids is 1. The minimum Gasteiger partial charge on any atom is -0.370 e. The predicted octanol–water partition coefficient (Wildman–Crippen LogP) is 3.72. The van der Waals surface area contributed by atoms with Gasteiger partial charge in [-0.05, 0) is 18.1 Å². The zero-order chi connectivity index (χ0) is 15.4. The fraction of sp³-hybridized carbons (Fsp3) is 0.188. The van der Waals surface area contributed by atoms with Crippen LogP contribution in [0.4, 0.5) is 0 Å². The number of carbonyl (C=O) groups is 1. The highest BCUT2D eigenvalue weighted by molar-refractivity contribution is 7.99. The number of nitrogens with two attached hydrogens (primary N) is 1. The molecule has 0 radical (unpaired) electrons. The molecule has 0 saturated heterocycles. The summed E-state index contributed by atoms with van der Waals surface area (Å²) in [5, 5.41) is 2.04. The summed E-state index contributed by atoms with van der Waals surface area (Å²) in [6.07, 6.45) is 2.78. The van der Waals surface area contributed by atoms with Crippen LogP contribution >= 0.6 is 23.1 Å². The van der Waals surface area contributed by atoms with Crippen LogP contribution < -0.4 is 5.73 Å². The summed E-state index contributed by atoms with van der Waals surface area (Å²) in [6.45, 7) is 0. The second kappa shape index (κ2) is 6.89. The molecule has 3 aromatic rings. The van der Waals surface area contributed by atoms with Gasteiger partial charge in [0.25, 0.3) is 0 Å². The first-order chi connectivity index (χ1) is 10.7. The Hall–Kier alpha value is -1.92. The van der Waals surface area contributed by atoms with E-state index in [1.165, 1.54) is 10.4 Å². The predicted molar refractivity (Wildman–Crippen MR) is 92.0 cm³/mol. The quantitative estimate of drug-likeness (QED) is 0.425. The van der Waals surface area contributed by atoms with Crippen LogP contribution in [-0.2, 0) is 4.79 Å². The lowest BCUT2D eigenvalue weighted by molar-refractivity contribution is -0.118. The number of thiophene rings is 1. The van der Waals surface area contributed by atoms with Gasteiger partial charge in [-0.1, -0.05) is 30.3 Å². The summed E-state index contributed by atoms with van der Waals surface area (Å²) >= 11 is 3.32. The number of primary amides is 1. The molecule has 6 heteroatoms. The van der Waals surface area contributed by atoms with Crippen molar-refractivity contribution in [3.8, 4) is 10.4 Å². The van der Waals surface area contributed by atoms with Gasteiger partial charge < -0.3 is 5.73 Å². The molecule has 3 rings (SSSR count). The zero-order valence-electron chi connectivity index (χ0n) is 11.9. The molecule has 22 heavy (non-hydrogen) atoms. The number of thioether (sulfide) groups is 1. The molecule has 112 valence electrons. The summed E-state index contributed by atoms with van der Waals surface area (Å²) in [7, 11) is 0. The molecular formula is C16H15N3OS2. The SMILES string of the molecule is NC(=O)CCCSc1ncnc2sc(-c3ccccc3)cc12. The van der Waals surface area contributed by atoms with Gasteiger partial charge in [0, 0.05) is 22.4 Å². The number of rotatable bonds is 6. The van der Waals surface area contributed by atoms with Crippen LogP contribution in [0, 0.1) is 0 Å². The normalized spacial score (nSPS) is 10.9. The van der Waals surface area contributed by atoms with E-state index in [9.17, 15) is 4.79 Å². The first kappa shape index (κ1) is 15.0. The highest BCUT2D eigenvalue weighted by atomic mass is 32.2. The molecule has 2 heterocycles. The Morgan fingerprint density at radius 3 is 2.82 bits per heavy atom. The van der Waals surface area contributed by atoms with Gasteiger partial charge in [0.15, 0.2) is 0 Å². The van der Waals surface area contributed by atoms with Gasteiger partial charge in [-0.15, -0.1) is 23.1 Å². The Morgan fingerprint density at radius 2 is 2.05 bits per heavy atom. The van der Waals surface area contributed by atoms with Crippen molar-refractivity contribution >= 4 is 39.2 Å². The summed E-state index contributed by atoms with van der Waals surface area (Å²) in [4.78, 5) is 21.7. The van der Waals surface area contributed by atoms with Gasteiger partial charge in [-0.25, -0.2) is 9.97 Å². The average Bonchev–Trinajstić information content (AvgIpc) is 2.97. The second-order valence-electron chi connectivity index (χ2n) is 4.79. The number of fused-ring (bicyclic) bond motifs is 1. The average molecular weight is 329 g/mol. The van der Waals surface area contributed by atoms with Crippen LogP contribution in [0.1, 0.15) is 12.8 Å².